The van der Waals surface area contributed by atoms with Crippen LogP contribution in [0.15, 0.2) is 18.2 Å². The molecule has 0 saturated carbocycles. The van der Waals surface area contributed by atoms with Gasteiger partial charge in [0, 0.05) is 24.6 Å². The average Bonchev–Trinajstić information content (AvgIpc) is 2.61. The van der Waals surface area contributed by atoms with Crippen LogP contribution in [-0.2, 0) is 0 Å². The van der Waals surface area contributed by atoms with E-state index < -0.39 is 6.10 Å². The maximum Gasteiger partial charge on any atom is 0.129 e. The first-order valence-electron chi connectivity index (χ1n) is 7.35. The van der Waals surface area contributed by atoms with Crippen molar-refractivity contribution in [2.24, 2.45) is 0 Å². The SMILES string of the molecule is COc1ccc2c(c1)OC1(CCCN(C)CC1)C[C@@H]2O. The van der Waals surface area contributed by atoms with Crippen LogP contribution in [0.25, 0.3) is 0 Å². The van der Waals surface area contributed by atoms with Crippen molar-refractivity contribution < 1.29 is 14.6 Å². The summed E-state index contributed by atoms with van der Waals surface area (Å²) in [5.41, 5.74) is 0.665. The van der Waals surface area contributed by atoms with E-state index in [2.05, 4.69) is 11.9 Å². The molecule has 1 aromatic carbocycles. The Morgan fingerprint density at radius 3 is 3.00 bits per heavy atom. The van der Waals surface area contributed by atoms with Crippen molar-refractivity contribution in [2.75, 3.05) is 27.2 Å². The van der Waals surface area contributed by atoms with E-state index in [0.29, 0.717) is 6.42 Å². The number of aliphatic hydroxyl groups is 1. The van der Waals surface area contributed by atoms with Gasteiger partial charge in [0.05, 0.1) is 13.2 Å². The molecule has 1 saturated heterocycles. The highest BCUT2D eigenvalue weighted by atomic mass is 16.5. The number of hydrogen-bond acceptors (Lipinski definition) is 4. The van der Waals surface area contributed by atoms with Crippen molar-refractivity contribution in [3.63, 3.8) is 0 Å². The predicted octanol–water partition coefficient (Wildman–Crippen LogP) is 2.37. The minimum atomic E-state index is -0.437. The standard InChI is InChI=1S/C16H23NO3/c1-17-8-3-6-16(7-9-17)11-14(18)13-5-4-12(19-2)10-15(13)20-16/h4-5,10,14,18H,3,6-9,11H2,1-2H3/t14-,16?/m0/s1. The average molecular weight is 277 g/mol. The number of aliphatic hydroxyl groups excluding tert-OH is 1. The number of ether oxygens (including phenoxy) is 2. The van der Waals surface area contributed by atoms with E-state index in [1.54, 1.807) is 7.11 Å². The van der Waals surface area contributed by atoms with Crippen molar-refractivity contribution in [2.45, 2.75) is 37.4 Å². The van der Waals surface area contributed by atoms with Crippen LogP contribution in [0, 0.1) is 0 Å². The molecule has 1 spiro atoms. The molecule has 1 fully saturated rings. The molecule has 0 radical (unpaired) electrons. The molecular formula is C16H23NO3. The second kappa shape index (κ2) is 5.26. The summed E-state index contributed by atoms with van der Waals surface area (Å²) in [4.78, 5) is 2.34. The Kier molecular flexibility index (Phi) is 3.61. The molecule has 0 amide bonds. The quantitative estimate of drug-likeness (QED) is 0.855. The summed E-state index contributed by atoms with van der Waals surface area (Å²) in [7, 11) is 3.80. The number of likely N-dealkylation sites (tertiary alicyclic amines) is 1. The highest BCUT2D eigenvalue weighted by Gasteiger charge is 2.41. The van der Waals surface area contributed by atoms with Crippen LogP contribution in [-0.4, -0.2) is 42.9 Å². The molecule has 0 aliphatic carbocycles. The zero-order valence-electron chi connectivity index (χ0n) is 12.3. The van der Waals surface area contributed by atoms with E-state index >= 15 is 0 Å². The van der Waals surface area contributed by atoms with Gasteiger partial charge in [-0.15, -0.1) is 0 Å². The van der Waals surface area contributed by atoms with E-state index in [-0.39, 0.29) is 5.60 Å². The van der Waals surface area contributed by atoms with Crippen LogP contribution in [0.3, 0.4) is 0 Å². The van der Waals surface area contributed by atoms with Gasteiger partial charge in [0.2, 0.25) is 0 Å². The van der Waals surface area contributed by atoms with Gasteiger partial charge in [0.25, 0.3) is 0 Å². The van der Waals surface area contributed by atoms with Crippen molar-refractivity contribution in [3.8, 4) is 11.5 Å². The summed E-state index contributed by atoms with van der Waals surface area (Å²) in [5, 5.41) is 10.5. The second-order valence-electron chi connectivity index (χ2n) is 6.07. The maximum atomic E-state index is 10.5. The first-order chi connectivity index (χ1) is 9.62. The summed E-state index contributed by atoms with van der Waals surface area (Å²) in [6.07, 6.45) is 3.35. The Morgan fingerprint density at radius 1 is 1.35 bits per heavy atom. The number of hydrogen-bond donors (Lipinski definition) is 1. The maximum absolute atomic E-state index is 10.5. The van der Waals surface area contributed by atoms with Gasteiger partial charge in [-0.05, 0) is 45.0 Å². The first-order valence-corrected chi connectivity index (χ1v) is 7.35. The van der Waals surface area contributed by atoms with E-state index in [1.807, 2.05) is 18.2 Å². The minimum Gasteiger partial charge on any atom is -0.497 e. The fourth-order valence-corrected chi connectivity index (χ4v) is 3.35. The van der Waals surface area contributed by atoms with Crippen molar-refractivity contribution in [3.05, 3.63) is 23.8 Å². The third kappa shape index (κ3) is 2.50. The lowest BCUT2D eigenvalue weighted by Crippen LogP contribution is -2.41. The molecule has 1 unspecified atom stereocenters. The molecule has 2 atom stereocenters. The largest absolute Gasteiger partial charge is 0.497 e. The van der Waals surface area contributed by atoms with Gasteiger partial charge in [0.15, 0.2) is 0 Å². The molecule has 0 bridgehead atoms. The fraction of sp³-hybridized carbons (Fsp3) is 0.625. The number of rotatable bonds is 1. The Balaban J connectivity index is 1.90. The summed E-state index contributed by atoms with van der Waals surface area (Å²) in [5.74, 6) is 1.56. The Labute approximate surface area is 120 Å². The van der Waals surface area contributed by atoms with Crippen LogP contribution in [0.5, 0.6) is 11.5 Å². The summed E-state index contributed by atoms with van der Waals surface area (Å²) in [6.45, 7) is 2.12. The summed E-state index contributed by atoms with van der Waals surface area (Å²) < 4.78 is 11.6. The number of benzene rings is 1. The molecule has 2 aliphatic rings. The van der Waals surface area contributed by atoms with E-state index in [4.69, 9.17) is 9.47 Å². The predicted molar refractivity (Wildman–Crippen MR) is 77.3 cm³/mol. The second-order valence-corrected chi connectivity index (χ2v) is 6.07. The summed E-state index contributed by atoms with van der Waals surface area (Å²) >= 11 is 0. The van der Waals surface area contributed by atoms with E-state index in [1.165, 1.54) is 0 Å². The van der Waals surface area contributed by atoms with Crippen molar-refractivity contribution in [1.82, 2.24) is 4.90 Å². The smallest absolute Gasteiger partial charge is 0.129 e. The lowest BCUT2D eigenvalue weighted by Gasteiger charge is -2.40. The first kappa shape index (κ1) is 13.7. The molecule has 1 aromatic rings. The van der Waals surface area contributed by atoms with Crippen LogP contribution < -0.4 is 9.47 Å². The van der Waals surface area contributed by atoms with Gasteiger partial charge >= 0.3 is 0 Å². The molecule has 4 heteroatoms. The van der Waals surface area contributed by atoms with Crippen LogP contribution in [0.1, 0.15) is 37.4 Å². The number of methoxy groups -OCH3 is 1. The molecular weight excluding hydrogens is 254 g/mol. The van der Waals surface area contributed by atoms with Gasteiger partial charge in [-0.3, -0.25) is 0 Å². The zero-order valence-corrected chi connectivity index (χ0v) is 12.3. The Hall–Kier alpha value is -1.26. The normalized spacial score (nSPS) is 30.4. The van der Waals surface area contributed by atoms with Gasteiger partial charge in [-0.1, -0.05) is 0 Å². The third-order valence-corrected chi connectivity index (χ3v) is 4.59. The van der Waals surface area contributed by atoms with Gasteiger partial charge < -0.3 is 19.5 Å². The van der Waals surface area contributed by atoms with E-state index in [0.717, 1.165) is 49.4 Å². The molecule has 20 heavy (non-hydrogen) atoms. The molecule has 4 nitrogen and oxygen atoms in total. The van der Waals surface area contributed by atoms with Gasteiger partial charge in [0.1, 0.15) is 17.1 Å². The highest BCUT2D eigenvalue weighted by Crippen LogP contribution is 2.45. The van der Waals surface area contributed by atoms with Crippen LogP contribution in [0.4, 0.5) is 0 Å². The monoisotopic (exact) mass is 277 g/mol. The Morgan fingerprint density at radius 2 is 2.20 bits per heavy atom. The minimum absolute atomic E-state index is 0.219. The van der Waals surface area contributed by atoms with Crippen molar-refractivity contribution in [1.29, 1.82) is 0 Å². The zero-order chi connectivity index (χ0) is 14.2. The number of fused-ring (bicyclic) bond motifs is 1. The Bertz CT molecular complexity index is 491. The molecule has 3 rings (SSSR count). The van der Waals surface area contributed by atoms with Crippen molar-refractivity contribution >= 4 is 0 Å². The fourth-order valence-electron chi connectivity index (χ4n) is 3.35. The molecule has 1 N–H and O–H groups in total. The third-order valence-electron chi connectivity index (χ3n) is 4.59. The lowest BCUT2D eigenvalue weighted by atomic mass is 9.83. The van der Waals surface area contributed by atoms with Gasteiger partial charge in [-0.2, -0.15) is 0 Å². The van der Waals surface area contributed by atoms with Crippen LogP contribution in [0.2, 0.25) is 0 Å². The van der Waals surface area contributed by atoms with Crippen LogP contribution >= 0.6 is 0 Å². The number of nitrogens with zero attached hydrogens (tertiary/aromatic N) is 1. The summed E-state index contributed by atoms with van der Waals surface area (Å²) in [6, 6.07) is 5.69. The molecule has 2 heterocycles. The van der Waals surface area contributed by atoms with E-state index in [9.17, 15) is 5.11 Å². The topological polar surface area (TPSA) is 41.9 Å². The molecule has 0 aromatic heterocycles. The molecule has 2 aliphatic heterocycles. The molecule has 110 valence electrons. The van der Waals surface area contributed by atoms with Gasteiger partial charge in [-0.25, -0.2) is 0 Å². The highest BCUT2D eigenvalue weighted by molar-refractivity contribution is 5.44. The lowest BCUT2D eigenvalue weighted by molar-refractivity contribution is -0.0237.